The van der Waals surface area contributed by atoms with Crippen LogP contribution < -0.4 is 5.32 Å². The molecule has 0 aliphatic carbocycles. The van der Waals surface area contributed by atoms with Gasteiger partial charge in [-0.2, -0.15) is 0 Å². The van der Waals surface area contributed by atoms with Gasteiger partial charge >= 0.3 is 5.97 Å². The molecule has 0 saturated carbocycles. The fourth-order valence-corrected chi connectivity index (χ4v) is 5.85. The number of methoxy groups -OCH3 is 1. The largest absolute Gasteiger partial charge is 0.465 e. The SMILES string of the molecule is COC(=O)c1c(-c2ccc(F)cc2)csc1NC(=O)CSc1nnc(-c2cccs2)n1C(C)C. The van der Waals surface area contributed by atoms with Gasteiger partial charge < -0.3 is 10.1 Å². The fourth-order valence-electron chi connectivity index (χ4n) is 3.30. The lowest BCUT2D eigenvalue weighted by molar-refractivity contribution is -0.113. The van der Waals surface area contributed by atoms with Crippen molar-refractivity contribution < 1.29 is 18.7 Å². The number of hydrogen-bond acceptors (Lipinski definition) is 8. The number of anilines is 1. The lowest BCUT2D eigenvalue weighted by Gasteiger charge is -2.13. The summed E-state index contributed by atoms with van der Waals surface area (Å²) in [6, 6.07) is 9.85. The van der Waals surface area contributed by atoms with E-state index in [9.17, 15) is 14.0 Å². The van der Waals surface area contributed by atoms with Gasteiger partial charge in [0.05, 0.1) is 17.7 Å². The van der Waals surface area contributed by atoms with E-state index in [1.807, 2.05) is 35.9 Å². The van der Waals surface area contributed by atoms with Crippen LogP contribution >= 0.6 is 34.4 Å². The molecule has 4 aromatic rings. The monoisotopic (exact) mass is 516 g/mol. The Bertz CT molecular complexity index is 1300. The molecule has 3 heterocycles. The van der Waals surface area contributed by atoms with Gasteiger partial charge in [-0.3, -0.25) is 9.36 Å². The van der Waals surface area contributed by atoms with Crippen LogP contribution in [-0.4, -0.2) is 39.5 Å². The molecule has 0 atom stereocenters. The number of benzene rings is 1. The number of ether oxygens (including phenoxy) is 1. The highest BCUT2D eigenvalue weighted by atomic mass is 32.2. The van der Waals surface area contributed by atoms with Gasteiger partial charge in [-0.15, -0.1) is 32.9 Å². The van der Waals surface area contributed by atoms with Crippen LogP contribution in [0.4, 0.5) is 9.39 Å². The Morgan fingerprint density at radius 3 is 2.59 bits per heavy atom. The van der Waals surface area contributed by atoms with Crippen molar-refractivity contribution in [3.8, 4) is 21.8 Å². The second-order valence-electron chi connectivity index (χ2n) is 7.44. The van der Waals surface area contributed by atoms with E-state index in [1.165, 1.54) is 42.3 Å². The van der Waals surface area contributed by atoms with Crippen molar-refractivity contribution in [3.63, 3.8) is 0 Å². The number of hydrogen-bond donors (Lipinski definition) is 1. The topological polar surface area (TPSA) is 86.1 Å². The zero-order valence-corrected chi connectivity index (χ0v) is 21.0. The number of esters is 1. The first-order chi connectivity index (χ1) is 16.4. The number of thioether (sulfide) groups is 1. The van der Waals surface area contributed by atoms with Crippen molar-refractivity contribution in [2.75, 3.05) is 18.2 Å². The Balaban J connectivity index is 1.52. The van der Waals surface area contributed by atoms with Crippen molar-refractivity contribution in [1.29, 1.82) is 0 Å². The maximum absolute atomic E-state index is 13.3. The maximum atomic E-state index is 13.3. The standard InChI is InChI=1S/C23H21FN4O3S3/c1-13(2)28-20(17-5-4-10-32-17)26-27-23(28)34-12-18(29)25-21-19(22(30)31-3)16(11-33-21)14-6-8-15(24)9-7-14/h4-11,13H,12H2,1-3H3,(H,25,29). The minimum absolute atomic E-state index is 0.0830. The zero-order valence-electron chi connectivity index (χ0n) is 18.6. The van der Waals surface area contributed by atoms with Crippen molar-refractivity contribution >= 4 is 51.3 Å². The molecule has 0 aliphatic rings. The first-order valence-corrected chi connectivity index (χ1v) is 13.0. The minimum Gasteiger partial charge on any atom is -0.465 e. The van der Waals surface area contributed by atoms with Gasteiger partial charge in [-0.1, -0.05) is 30.0 Å². The van der Waals surface area contributed by atoms with Gasteiger partial charge in [0, 0.05) is 17.0 Å². The highest BCUT2D eigenvalue weighted by molar-refractivity contribution is 7.99. The van der Waals surface area contributed by atoms with E-state index in [2.05, 4.69) is 15.5 Å². The Labute approximate surface area is 208 Å². The van der Waals surface area contributed by atoms with E-state index in [4.69, 9.17) is 4.74 Å². The summed E-state index contributed by atoms with van der Waals surface area (Å²) in [6.45, 7) is 4.08. The van der Waals surface area contributed by atoms with Gasteiger partial charge in [0.25, 0.3) is 0 Å². The number of carbonyl (C=O) groups is 2. The van der Waals surface area contributed by atoms with Crippen LogP contribution in [0.15, 0.2) is 52.3 Å². The van der Waals surface area contributed by atoms with E-state index in [-0.39, 0.29) is 29.1 Å². The highest BCUT2D eigenvalue weighted by Crippen LogP contribution is 2.36. The van der Waals surface area contributed by atoms with Crippen molar-refractivity contribution in [2.45, 2.75) is 25.0 Å². The molecule has 176 valence electrons. The predicted molar refractivity (Wildman–Crippen MR) is 134 cm³/mol. The Morgan fingerprint density at radius 2 is 1.94 bits per heavy atom. The summed E-state index contributed by atoms with van der Waals surface area (Å²) in [4.78, 5) is 26.3. The third-order valence-electron chi connectivity index (χ3n) is 4.84. The molecule has 0 unspecified atom stereocenters. The number of nitrogens with one attached hydrogen (secondary N) is 1. The van der Waals surface area contributed by atoms with Crippen molar-refractivity contribution in [3.05, 3.63) is 58.5 Å². The third kappa shape index (κ3) is 5.06. The average molecular weight is 517 g/mol. The first-order valence-electron chi connectivity index (χ1n) is 10.3. The second-order valence-corrected chi connectivity index (χ2v) is 10.2. The van der Waals surface area contributed by atoms with Crippen LogP contribution in [0, 0.1) is 5.82 Å². The van der Waals surface area contributed by atoms with Crippen LogP contribution in [-0.2, 0) is 9.53 Å². The number of nitrogens with zero attached hydrogens (tertiary/aromatic N) is 3. The van der Waals surface area contributed by atoms with Gasteiger partial charge in [0.2, 0.25) is 5.91 Å². The van der Waals surface area contributed by atoms with Crippen LogP contribution in [0.1, 0.15) is 30.2 Å². The van der Waals surface area contributed by atoms with Gasteiger partial charge in [0.15, 0.2) is 11.0 Å². The van der Waals surface area contributed by atoms with E-state index in [0.29, 0.717) is 21.3 Å². The number of halogens is 1. The molecular weight excluding hydrogens is 495 g/mol. The predicted octanol–water partition coefficient (Wildman–Crippen LogP) is 5.97. The van der Waals surface area contributed by atoms with Gasteiger partial charge in [0.1, 0.15) is 16.4 Å². The summed E-state index contributed by atoms with van der Waals surface area (Å²) in [5.41, 5.74) is 1.46. The lowest BCUT2D eigenvalue weighted by Crippen LogP contribution is -2.16. The normalized spacial score (nSPS) is 11.1. The average Bonchev–Trinajstić information content (AvgIpc) is 3.57. The molecule has 3 aromatic heterocycles. The summed E-state index contributed by atoms with van der Waals surface area (Å²) in [5.74, 6) is -0.398. The Hall–Kier alpha value is -3.02. The molecule has 11 heteroatoms. The summed E-state index contributed by atoms with van der Waals surface area (Å²) in [5, 5.41) is 16.1. The Morgan fingerprint density at radius 1 is 1.18 bits per heavy atom. The van der Waals surface area contributed by atoms with E-state index >= 15 is 0 Å². The molecule has 0 saturated heterocycles. The van der Waals surface area contributed by atoms with Crippen LogP contribution in [0.2, 0.25) is 0 Å². The molecule has 0 bridgehead atoms. The van der Waals surface area contributed by atoms with Crippen LogP contribution in [0.25, 0.3) is 21.8 Å². The number of thiophene rings is 2. The Kier molecular flexibility index (Phi) is 7.44. The number of carbonyl (C=O) groups excluding carboxylic acids is 2. The molecule has 1 amide bonds. The maximum Gasteiger partial charge on any atom is 0.341 e. The number of aromatic nitrogens is 3. The molecule has 1 aromatic carbocycles. The van der Waals surface area contributed by atoms with E-state index in [1.54, 1.807) is 28.8 Å². The lowest BCUT2D eigenvalue weighted by atomic mass is 10.0. The van der Waals surface area contributed by atoms with Crippen molar-refractivity contribution in [2.24, 2.45) is 0 Å². The highest BCUT2D eigenvalue weighted by Gasteiger charge is 2.23. The van der Waals surface area contributed by atoms with Crippen LogP contribution in [0.3, 0.4) is 0 Å². The van der Waals surface area contributed by atoms with Gasteiger partial charge in [-0.25, -0.2) is 9.18 Å². The molecule has 7 nitrogen and oxygen atoms in total. The third-order valence-corrected chi connectivity index (χ3v) is 7.55. The molecule has 0 fully saturated rings. The molecular formula is C23H21FN4O3S3. The molecule has 0 aliphatic heterocycles. The summed E-state index contributed by atoms with van der Waals surface area (Å²) < 4.78 is 20.3. The smallest absolute Gasteiger partial charge is 0.341 e. The molecule has 1 N–H and O–H groups in total. The number of amides is 1. The first kappa shape index (κ1) is 24.1. The zero-order chi connectivity index (χ0) is 24.2. The van der Waals surface area contributed by atoms with Crippen LogP contribution in [0.5, 0.6) is 0 Å². The summed E-state index contributed by atoms with van der Waals surface area (Å²) >= 11 is 4.07. The fraction of sp³-hybridized carbons (Fsp3) is 0.217. The van der Waals surface area contributed by atoms with E-state index in [0.717, 1.165) is 10.7 Å². The molecule has 34 heavy (non-hydrogen) atoms. The van der Waals surface area contributed by atoms with Gasteiger partial charge in [-0.05, 0) is 43.0 Å². The molecule has 4 rings (SSSR count). The second kappa shape index (κ2) is 10.5. The minimum atomic E-state index is -0.580. The molecule has 0 spiro atoms. The van der Waals surface area contributed by atoms with Crippen molar-refractivity contribution in [1.82, 2.24) is 14.8 Å². The quantitative estimate of drug-likeness (QED) is 0.229. The molecule has 0 radical (unpaired) electrons. The van der Waals surface area contributed by atoms with E-state index < -0.39 is 5.97 Å². The summed E-state index contributed by atoms with van der Waals surface area (Å²) in [7, 11) is 1.28. The number of rotatable bonds is 8. The summed E-state index contributed by atoms with van der Waals surface area (Å²) in [6.07, 6.45) is 0.